The number of carbonyl (C=O) groups is 1. The Morgan fingerprint density at radius 1 is 1.00 bits per heavy atom. The summed E-state index contributed by atoms with van der Waals surface area (Å²) >= 11 is 0. The SMILES string of the molecule is CCC(C)c1ccc(OC(C)OC2C3CC4CC(C3)C(=O)C2C4)c2ccccc12. The van der Waals surface area contributed by atoms with E-state index < -0.39 is 0 Å². The molecule has 2 aromatic carbocycles. The summed E-state index contributed by atoms with van der Waals surface area (Å²) in [5.41, 5.74) is 1.37. The minimum atomic E-state index is -0.358. The van der Waals surface area contributed by atoms with Crippen LogP contribution in [0.5, 0.6) is 5.75 Å². The van der Waals surface area contributed by atoms with Crippen molar-refractivity contribution in [1.82, 2.24) is 0 Å². The Hall–Kier alpha value is -1.87. The zero-order chi connectivity index (χ0) is 20.1. The Labute approximate surface area is 173 Å². The molecule has 3 heteroatoms. The summed E-state index contributed by atoms with van der Waals surface area (Å²) in [4.78, 5) is 12.7. The molecule has 6 rings (SSSR count). The molecular formula is C26H32O3. The quantitative estimate of drug-likeness (QED) is 0.557. The molecule has 0 N–H and O–H groups in total. The highest BCUT2D eigenvalue weighted by molar-refractivity contribution is 5.91. The average molecular weight is 393 g/mol. The van der Waals surface area contributed by atoms with Crippen molar-refractivity contribution in [3.63, 3.8) is 0 Å². The molecule has 7 atom stereocenters. The lowest BCUT2D eigenvalue weighted by atomic mass is 9.54. The molecule has 154 valence electrons. The second kappa shape index (κ2) is 7.43. The van der Waals surface area contributed by atoms with E-state index in [9.17, 15) is 4.79 Å². The first kappa shape index (κ1) is 19.1. The first-order valence-electron chi connectivity index (χ1n) is 11.4. The van der Waals surface area contributed by atoms with Crippen LogP contribution in [0.3, 0.4) is 0 Å². The molecule has 0 spiro atoms. The third kappa shape index (κ3) is 3.28. The van der Waals surface area contributed by atoms with E-state index in [4.69, 9.17) is 9.47 Å². The van der Waals surface area contributed by atoms with E-state index >= 15 is 0 Å². The van der Waals surface area contributed by atoms with Crippen LogP contribution in [-0.2, 0) is 9.53 Å². The Kier molecular flexibility index (Phi) is 4.90. The average Bonchev–Trinajstić information content (AvgIpc) is 2.73. The van der Waals surface area contributed by atoms with Gasteiger partial charge in [0, 0.05) is 17.2 Å². The van der Waals surface area contributed by atoms with Crippen LogP contribution in [-0.4, -0.2) is 18.2 Å². The van der Waals surface area contributed by atoms with Crippen LogP contribution in [0, 0.1) is 23.7 Å². The minimum absolute atomic E-state index is 0.0379. The summed E-state index contributed by atoms with van der Waals surface area (Å²) in [6, 6.07) is 12.8. The van der Waals surface area contributed by atoms with Gasteiger partial charge in [-0.2, -0.15) is 0 Å². The molecule has 7 unspecified atom stereocenters. The molecule has 0 saturated heterocycles. The highest BCUT2D eigenvalue weighted by atomic mass is 16.7. The van der Waals surface area contributed by atoms with Gasteiger partial charge in [0.05, 0.1) is 6.10 Å². The Morgan fingerprint density at radius 3 is 2.59 bits per heavy atom. The molecule has 0 aromatic heterocycles. The van der Waals surface area contributed by atoms with Crippen molar-refractivity contribution in [2.75, 3.05) is 0 Å². The zero-order valence-electron chi connectivity index (χ0n) is 17.8. The largest absolute Gasteiger partial charge is 0.465 e. The standard InChI is InChI=1S/C26H32O3/c1-4-15(2)20-9-10-24(22-8-6-5-7-21(20)22)28-16(3)29-26-19-12-17-11-18(14-19)25(27)23(26)13-17/h5-10,15-19,23,26H,4,11-14H2,1-3H3. The van der Waals surface area contributed by atoms with Crippen LogP contribution in [0.4, 0.5) is 0 Å². The third-order valence-corrected chi connectivity index (χ3v) is 7.76. The first-order valence-corrected chi connectivity index (χ1v) is 11.4. The molecule has 0 radical (unpaired) electrons. The lowest BCUT2D eigenvalue weighted by Crippen LogP contribution is -2.55. The van der Waals surface area contributed by atoms with Crippen molar-refractivity contribution in [2.45, 2.75) is 71.2 Å². The fourth-order valence-electron chi connectivity index (χ4n) is 6.26. The molecule has 0 heterocycles. The van der Waals surface area contributed by atoms with Gasteiger partial charge in [0.25, 0.3) is 0 Å². The highest BCUT2D eigenvalue weighted by Gasteiger charge is 2.54. The molecular weight excluding hydrogens is 360 g/mol. The summed E-state index contributed by atoms with van der Waals surface area (Å²) in [6.45, 7) is 6.48. The Balaban J connectivity index is 1.36. The fraction of sp³-hybridized carbons (Fsp3) is 0.577. The number of Topliss-reactive ketones (excluding diaryl/α,β-unsaturated/α-hetero) is 1. The molecule has 4 fully saturated rings. The van der Waals surface area contributed by atoms with Gasteiger partial charge in [-0.3, -0.25) is 4.79 Å². The lowest BCUT2D eigenvalue weighted by Gasteiger charge is -2.53. The van der Waals surface area contributed by atoms with Crippen LogP contribution in [0.2, 0.25) is 0 Å². The lowest BCUT2D eigenvalue weighted by molar-refractivity contribution is -0.193. The molecule has 4 aliphatic carbocycles. The van der Waals surface area contributed by atoms with Gasteiger partial charge < -0.3 is 9.47 Å². The topological polar surface area (TPSA) is 35.5 Å². The predicted molar refractivity (Wildman–Crippen MR) is 115 cm³/mol. The number of rotatable bonds is 6. The normalized spacial score (nSPS) is 32.5. The van der Waals surface area contributed by atoms with Gasteiger partial charge >= 0.3 is 0 Å². The van der Waals surface area contributed by atoms with Crippen molar-refractivity contribution in [3.8, 4) is 5.75 Å². The van der Waals surface area contributed by atoms with Crippen LogP contribution in [0.25, 0.3) is 10.8 Å². The van der Waals surface area contributed by atoms with E-state index in [-0.39, 0.29) is 18.3 Å². The van der Waals surface area contributed by atoms with Gasteiger partial charge in [0.2, 0.25) is 0 Å². The van der Waals surface area contributed by atoms with Crippen molar-refractivity contribution in [2.24, 2.45) is 23.7 Å². The fourth-order valence-corrected chi connectivity index (χ4v) is 6.26. The monoisotopic (exact) mass is 392 g/mol. The maximum atomic E-state index is 12.7. The van der Waals surface area contributed by atoms with Gasteiger partial charge in [-0.25, -0.2) is 0 Å². The Morgan fingerprint density at radius 2 is 1.79 bits per heavy atom. The third-order valence-electron chi connectivity index (χ3n) is 7.76. The molecule has 4 saturated carbocycles. The first-order chi connectivity index (χ1) is 14.0. The highest BCUT2D eigenvalue weighted by Crippen LogP contribution is 2.53. The van der Waals surface area contributed by atoms with Crippen molar-refractivity contribution in [3.05, 3.63) is 42.0 Å². The van der Waals surface area contributed by atoms with E-state index in [0.717, 1.165) is 42.7 Å². The summed E-state index contributed by atoms with van der Waals surface area (Å²) in [5.74, 6) is 3.53. The van der Waals surface area contributed by atoms with E-state index in [1.54, 1.807) is 0 Å². The second-order valence-corrected chi connectivity index (χ2v) is 9.57. The van der Waals surface area contributed by atoms with Crippen molar-refractivity contribution >= 4 is 16.6 Å². The van der Waals surface area contributed by atoms with Crippen LogP contribution >= 0.6 is 0 Å². The number of hydrogen-bond donors (Lipinski definition) is 0. The van der Waals surface area contributed by atoms with Crippen LogP contribution < -0.4 is 4.74 Å². The molecule has 4 bridgehead atoms. The van der Waals surface area contributed by atoms with Crippen molar-refractivity contribution in [1.29, 1.82) is 0 Å². The number of carbonyl (C=O) groups excluding carboxylic acids is 1. The van der Waals surface area contributed by atoms with E-state index in [2.05, 4.69) is 50.2 Å². The number of fused-ring (bicyclic) bond motifs is 1. The summed E-state index contributed by atoms with van der Waals surface area (Å²) in [5, 5.41) is 2.40. The molecule has 3 nitrogen and oxygen atoms in total. The van der Waals surface area contributed by atoms with Gasteiger partial charge in [0.1, 0.15) is 11.5 Å². The van der Waals surface area contributed by atoms with Crippen LogP contribution in [0.15, 0.2) is 36.4 Å². The van der Waals surface area contributed by atoms with Gasteiger partial charge in [-0.05, 0) is 73.8 Å². The maximum Gasteiger partial charge on any atom is 0.197 e. The minimum Gasteiger partial charge on any atom is -0.465 e. The van der Waals surface area contributed by atoms with Crippen LogP contribution in [0.1, 0.15) is 64.4 Å². The molecule has 0 amide bonds. The Bertz CT molecular complexity index is 919. The predicted octanol–water partition coefficient (Wildman–Crippen LogP) is 6.10. The number of hydrogen-bond acceptors (Lipinski definition) is 3. The van der Waals surface area contributed by atoms with E-state index in [1.165, 1.54) is 17.4 Å². The molecule has 29 heavy (non-hydrogen) atoms. The molecule has 2 aromatic rings. The second-order valence-electron chi connectivity index (χ2n) is 9.57. The number of benzene rings is 2. The maximum absolute atomic E-state index is 12.7. The van der Waals surface area contributed by atoms with Crippen molar-refractivity contribution < 1.29 is 14.3 Å². The van der Waals surface area contributed by atoms with E-state index in [0.29, 0.717) is 23.5 Å². The number of ketones is 1. The summed E-state index contributed by atoms with van der Waals surface area (Å²) in [6.07, 6.45) is 5.19. The smallest absolute Gasteiger partial charge is 0.197 e. The summed E-state index contributed by atoms with van der Waals surface area (Å²) < 4.78 is 12.7. The zero-order valence-corrected chi connectivity index (χ0v) is 17.8. The van der Waals surface area contributed by atoms with E-state index in [1.807, 2.05) is 6.92 Å². The van der Waals surface area contributed by atoms with Gasteiger partial charge in [-0.15, -0.1) is 0 Å². The van der Waals surface area contributed by atoms with Gasteiger partial charge in [0.15, 0.2) is 6.29 Å². The molecule has 4 aliphatic rings. The molecule has 0 aliphatic heterocycles. The summed E-state index contributed by atoms with van der Waals surface area (Å²) in [7, 11) is 0. The number of ether oxygens (including phenoxy) is 2. The van der Waals surface area contributed by atoms with Gasteiger partial charge in [-0.1, -0.05) is 44.2 Å².